The number of pyridine rings is 1. The summed E-state index contributed by atoms with van der Waals surface area (Å²) in [7, 11) is 0. The van der Waals surface area contributed by atoms with Crippen LogP contribution in [-0.2, 0) is 0 Å². The molecule has 6 nitrogen and oxygen atoms in total. The molecular weight excluding hydrogens is 282 g/mol. The molecule has 0 saturated carbocycles. The lowest BCUT2D eigenvalue weighted by Crippen LogP contribution is -2.55. The van der Waals surface area contributed by atoms with Gasteiger partial charge in [-0.2, -0.15) is 0 Å². The summed E-state index contributed by atoms with van der Waals surface area (Å²) in [4.78, 5) is 18.8. The summed E-state index contributed by atoms with van der Waals surface area (Å²) < 4.78 is 1.78. The lowest BCUT2D eigenvalue weighted by molar-refractivity contribution is -0.1000. The minimum absolute atomic E-state index is 0.129. The van der Waals surface area contributed by atoms with E-state index in [1.165, 1.54) is 0 Å². The second-order valence-electron chi connectivity index (χ2n) is 6.35. The van der Waals surface area contributed by atoms with Crippen LogP contribution in [0.3, 0.4) is 0 Å². The lowest BCUT2D eigenvalue weighted by Gasteiger charge is -2.39. The minimum atomic E-state index is -1.14. The van der Waals surface area contributed by atoms with Gasteiger partial charge in [0.1, 0.15) is 11.3 Å². The smallest absolute Gasteiger partial charge is 0.272 e. The first-order valence-corrected chi connectivity index (χ1v) is 7.44. The van der Waals surface area contributed by atoms with E-state index in [0.717, 1.165) is 11.2 Å². The Morgan fingerprint density at radius 1 is 1.45 bits per heavy atom. The predicted molar refractivity (Wildman–Crippen MR) is 81.8 cm³/mol. The van der Waals surface area contributed by atoms with Gasteiger partial charge in [0, 0.05) is 19.3 Å². The molecule has 1 saturated heterocycles. The first kappa shape index (κ1) is 15.0. The number of aliphatic hydroxyl groups is 2. The number of carbonyl (C=O) groups is 1. The van der Waals surface area contributed by atoms with Gasteiger partial charge in [0.25, 0.3) is 5.91 Å². The Morgan fingerprint density at radius 3 is 2.86 bits per heavy atom. The van der Waals surface area contributed by atoms with E-state index in [-0.39, 0.29) is 12.5 Å². The molecule has 1 unspecified atom stereocenters. The molecule has 2 aromatic heterocycles. The van der Waals surface area contributed by atoms with E-state index < -0.39 is 11.7 Å². The highest BCUT2D eigenvalue weighted by molar-refractivity contribution is 5.94. The van der Waals surface area contributed by atoms with E-state index in [2.05, 4.69) is 4.98 Å². The van der Waals surface area contributed by atoms with Crippen LogP contribution in [0.5, 0.6) is 0 Å². The average molecular weight is 303 g/mol. The van der Waals surface area contributed by atoms with Crippen LogP contribution in [0.1, 0.15) is 35.1 Å². The molecule has 3 heterocycles. The molecule has 3 rings (SSSR count). The number of β-amino-alcohol motifs (C(OH)–C–C–N with tert-alkyl or cyclic N) is 1. The summed E-state index contributed by atoms with van der Waals surface area (Å²) in [6, 6.07) is 3.86. The van der Waals surface area contributed by atoms with Gasteiger partial charge in [-0.25, -0.2) is 4.98 Å². The van der Waals surface area contributed by atoms with Crippen molar-refractivity contribution in [2.24, 2.45) is 0 Å². The van der Waals surface area contributed by atoms with Gasteiger partial charge in [0.15, 0.2) is 0 Å². The highest BCUT2D eigenvalue weighted by Crippen LogP contribution is 2.24. The number of fused-ring (bicyclic) bond motifs is 1. The molecule has 2 N–H and O–H groups in total. The van der Waals surface area contributed by atoms with E-state index in [4.69, 9.17) is 0 Å². The molecule has 2 aromatic rings. The van der Waals surface area contributed by atoms with Crippen LogP contribution in [0.2, 0.25) is 0 Å². The van der Waals surface area contributed by atoms with E-state index in [1.54, 1.807) is 16.2 Å². The van der Waals surface area contributed by atoms with Crippen molar-refractivity contribution in [1.82, 2.24) is 14.3 Å². The Balaban J connectivity index is 1.95. The Kier molecular flexibility index (Phi) is 3.45. The number of aliphatic hydroxyl groups excluding tert-OH is 1. The molecule has 2 atom stereocenters. The second-order valence-corrected chi connectivity index (χ2v) is 6.35. The summed E-state index contributed by atoms with van der Waals surface area (Å²) in [6.07, 6.45) is 1.26. The summed E-state index contributed by atoms with van der Waals surface area (Å²) in [6.45, 7) is 5.94. The summed E-state index contributed by atoms with van der Waals surface area (Å²) in [5, 5.41) is 20.0. The number of aryl methyl sites for hydroxylation is 2. The van der Waals surface area contributed by atoms with Gasteiger partial charge in [0.2, 0.25) is 0 Å². The number of hydrogen-bond donors (Lipinski definition) is 2. The van der Waals surface area contributed by atoms with Crippen LogP contribution in [-0.4, -0.2) is 55.2 Å². The van der Waals surface area contributed by atoms with Crippen LogP contribution in [0.25, 0.3) is 5.65 Å². The normalized spacial score (nSPS) is 25.7. The number of rotatable bonds is 1. The maximum atomic E-state index is 12.8. The number of imidazole rings is 1. The van der Waals surface area contributed by atoms with Crippen molar-refractivity contribution in [2.45, 2.75) is 38.9 Å². The van der Waals surface area contributed by atoms with Gasteiger partial charge in [-0.15, -0.1) is 0 Å². The van der Waals surface area contributed by atoms with Crippen molar-refractivity contribution in [3.05, 3.63) is 35.3 Å². The first-order valence-electron chi connectivity index (χ1n) is 7.44. The maximum absolute atomic E-state index is 12.8. The van der Waals surface area contributed by atoms with E-state index >= 15 is 0 Å². The van der Waals surface area contributed by atoms with Crippen molar-refractivity contribution < 1.29 is 15.0 Å². The number of carbonyl (C=O) groups excluding carboxylic acids is 1. The van der Waals surface area contributed by atoms with E-state index in [1.807, 2.05) is 32.2 Å². The number of piperidine rings is 1. The van der Waals surface area contributed by atoms with Crippen LogP contribution in [0, 0.1) is 13.8 Å². The second kappa shape index (κ2) is 5.07. The third-order valence-corrected chi connectivity index (χ3v) is 4.44. The zero-order valence-electron chi connectivity index (χ0n) is 13.1. The summed E-state index contributed by atoms with van der Waals surface area (Å²) >= 11 is 0. The quantitative estimate of drug-likeness (QED) is 0.821. The molecule has 22 heavy (non-hydrogen) atoms. The van der Waals surface area contributed by atoms with Gasteiger partial charge < -0.3 is 15.1 Å². The lowest BCUT2D eigenvalue weighted by atomic mass is 9.90. The average Bonchev–Trinajstić information content (AvgIpc) is 2.76. The molecule has 0 radical (unpaired) electrons. The van der Waals surface area contributed by atoms with Gasteiger partial charge in [-0.1, -0.05) is 0 Å². The molecule has 6 heteroatoms. The maximum Gasteiger partial charge on any atom is 0.272 e. The first-order chi connectivity index (χ1) is 10.3. The third kappa shape index (κ3) is 2.38. The number of amides is 1. The van der Waals surface area contributed by atoms with Gasteiger partial charge in [-0.3, -0.25) is 9.20 Å². The standard InChI is InChI=1S/C16H21N3O3/c1-10-4-6-19-13(8-10)17-11(2)14(19)15(21)18-7-5-16(3,22)12(20)9-18/h4,6,8,12,20,22H,5,7,9H2,1-3H3/t12?,16-/m1/s1. The molecule has 0 spiro atoms. The number of hydrogen-bond acceptors (Lipinski definition) is 4. The Labute approximate surface area is 129 Å². The topological polar surface area (TPSA) is 78.1 Å². The van der Waals surface area contributed by atoms with Gasteiger partial charge in [-0.05, 0) is 44.9 Å². The highest BCUT2D eigenvalue weighted by atomic mass is 16.3. The van der Waals surface area contributed by atoms with Crippen molar-refractivity contribution in [3.63, 3.8) is 0 Å². The summed E-state index contributed by atoms with van der Waals surface area (Å²) in [5.74, 6) is -0.164. The van der Waals surface area contributed by atoms with Crippen LogP contribution in [0.4, 0.5) is 0 Å². The third-order valence-electron chi connectivity index (χ3n) is 4.44. The fraction of sp³-hybridized carbons (Fsp3) is 0.500. The summed E-state index contributed by atoms with van der Waals surface area (Å²) in [5.41, 5.74) is 1.88. The van der Waals surface area contributed by atoms with Crippen LogP contribution >= 0.6 is 0 Å². The number of likely N-dealkylation sites (tertiary alicyclic amines) is 1. The Bertz CT molecular complexity index is 736. The molecule has 1 aliphatic rings. The monoisotopic (exact) mass is 303 g/mol. The SMILES string of the molecule is Cc1ccn2c(C(=O)N3CC[C@@](C)(O)C(O)C3)c(C)nc2c1. The zero-order chi connectivity index (χ0) is 16.1. The van der Waals surface area contributed by atoms with Gasteiger partial charge >= 0.3 is 0 Å². The Hall–Kier alpha value is -1.92. The van der Waals surface area contributed by atoms with Crippen molar-refractivity contribution in [1.29, 1.82) is 0 Å². The molecule has 0 aliphatic carbocycles. The molecule has 1 fully saturated rings. The van der Waals surface area contributed by atoms with Crippen LogP contribution in [0.15, 0.2) is 18.3 Å². The Morgan fingerprint density at radius 2 is 2.18 bits per heavy atom. The predicted octanol–water partition coefficient (Wildman–Crippen LogP) is 0.909. The molecular formula is C16H21N3O3. The fourth-order valence-electron chi connectivity index (χ4n) is 2.88. The van der Waals surface area contributed by atoms with Crippen molar-refractivity contribution >= 4 is 11.6 Å². The molecule has 118 valence electrons. The number of nitrogens with zero attached hydrogens (tertiary/aromatic N) is 3. The zero-order valence-corrected chi connectivity index (χ0v) is 13.1. The van der Waals surface area contributed by atoms with E-state index in [9.17, 15) is 15.0 Å². The molecule has 1 amide bonds. The molecule has 0 bridgehead atoms. The minimum Gasteiger partial charge on any atom is -0.388 e. The molecule has 0 aromatic carbocycles. The fourth-order valence-corrected chi connectivity index (χ4v) is 2.88. The van der Waals surface area contributed by atoms with Crippen molar-refractivity contribution in [3.8, 4) is 0 Å². The van der Waals surface area contributed by atoms with Crippen molar-refractivity contribution in [2.75, 3.05) is 13.1 Å². The van der Waals surface area contributed by atoms with Gasteiger partial charge in [0.05, 0.1) is 17.4 Å². The molecule has 1 aliphatic heterocycles. The highest BCUT2D eigenvalue weighted by Gasteiger charge is 2.38. The van der Waals surface area contributed by atoms with E-state index in [0.29, 0.717) is 24.4 Å². The largest absolute Gasteiger partial charge is 0.388 e. The van der Waals surface area contributed by atoms with Crippen LogP contribution < -0.4 is 0 Å². The number of aromatic nitrogens is 2.